The SMILES string of the molecule is COc1ccc(C2CCNCC2c2cccc(F)c2)cc1. The van der Waals surface area contributed by atoms with E-state index in [0.29, 0.717) is 11.8 Å². The van der Waals surface area contributed by atoms with Crippen molar-refractivity contribution in [3.8, 4) is 5.75 Å². The highest BCUT2D eigenvalue weighted by Crippen LogP contribution is 2.37. The summed E-state index contributed by atoms with van der Waals surface area (Å²) in [6, 6.07) is 15.2. The van der Waals surface area contributed by atoms with E-state index >= 15 is 0 Å². The summed E-state index contributed by atoms with van der Waals surface area (Å²) in [5.74, 6) is 1.43. The van der Waals surface area contributed by atoms with Crippen LogP contribution in [0, 0.1) is 5.82 Å². The van der Waals surface area contributed by atoms with Crippen LogP contribution in [0.4, 0.5) is 4.39 Å². The van der Waals surface area contributed by atoms with Crippen LogP contribution < -0.4 is 10.1 Å². The van der Waals surface area contributed by atoms with Crippen molar-refractivity contribution in [1.29, 1.82) is 0 Å². The third-order valence-electron chi connectivity index (χ3n) is 4.30. The van der Waals surface area contributed by atoms with Crippen molar-refractivity contribution in [2.24, 2.45) is 0 Å². The Bertz CT molecular complexity index is 596. The maximum absolute atomic E-state index is 13.5. The molecule has 1 saturated heterocycles. The topological polar surface area (TPSA) is 21.3 Å². The monoisotopic (exact) mass is 285 g/mol. The Morgan fingerprint density at radius 2 is 1.86 bits per heavy atom. The van der Waals surface area contributed by atoms with E-state index in [1.54, 1.807) is 19.2 Å². The first-order valence-corrected chi connectivity index (χ1v) is 7.38. The first-order chi connectivity index (χ1) is 10.3. The molecule has 1 aliphatic rings. The van der Waals surface area contributed by atoms with Crippen molar-refractivity contribution in [3.05, 3.63) is 65.5 Å². The number of hydrogen-bond donors (Lipinski definition) is 1. The zero-order valence-electron chi connectivity index (χ0n) is 12.2. The van der Waals surface area contributed by atoms with Gasteiger partial charge >= 0.3 is 0 Å². The second-order valence-electron chi connectivity index (χ2n) is 5.53. The fraction of sp³-hybridized carbons (Fsp3) is 0.333. The van der Waals surface area contributed by atoms with Gasteiger partial charge < -0.3 is 10.1 Å². The summed E-state index contributed by atoms with van der Waals surface area (Å²) >= 11 is 0. The third kappa shape index (κ3) is 3.08. The van der Waals surface area contributed by atoms with E-state index in [9.17, 15) is 4.39 Å². The molecule has 0 aromatic heterocycles. The van der Waals surface area contributed by atoms with Gasteiger partial charge in [-0.05, 0) is 54.3 Å². The van der Waals surface area contributed by atoms with E-state index in [4.69, 9.17) is 4.74 Å². The van der Waals surface area contributed by atoms with Crippen LogP contribution in [0.25, 0.3) is 0 Å². The lowest BCUT2D eigenvalue weighted by Gasteiger charge is -2.33. The molecule has 2 unspecified atom stereocenters. The Labute approximate surface area is 125 Å². The lowest BCUT2D eigenvalue weighted by Crippen LogP contribution is -2.34. The summed E-state index contributed by atoms with van der Waals surface area (Å²) < 4.78 is 18.7. The molecule has 3 heteroatoms. The molecular weight excluding hydrogens is 265 g/mol. The first kappa shape index (κ1) is 14.1. The predicted octanol–water partition coefficient (Wildman–Crippen LogP) is 3.70. The van der Waals surface area contributed by atoms with Gasteiger partial charge in [0.25, 0.3) is 0 Å². The number of halogens is 1. The molecule has 0 radical (unpaired) electrons. The van der Waals surface area contributed by atoms with E-state index in [1.165, 1.54) is 11.6 Å². The van der Waals surface area contributed by atoms with Crippen LogP contribution in [0.1, 0.15) is 29.4 Å². The van der Waals surface area contributed by atoms with Gasteiger partial charge in [0, 0.05) is 12.5 Å². The van der Waals surface area contributed by atoms with Crippen molar-refractivity contribution in [1.82, 2.24) is 5.32 Å². The molecule has 0 bridgehead atoms. The van der Waals surface area contributed by atoms with Crippen LogP contribution in [0.5, 0.6) is 5.75 Å². The van der Waals surface area contributed by atoms with Gasteiger partial charge in [0.2, 0.25) is 0 Å². The van der Waals surface area contributed by atoms with E-state index in [2.05, 4.69) is 17.4 Å². The summed E-state index contributed by atoms with van der Waals surface area (Å²) in [5.41, 5.74) is 2.37. The van der Waals surface area contributed by atoms with E-state index < -0.39 is 0 Å². The van der Waals surface area contributed by atoms with E-state index in [-0.39, 0.29) is 5.82 Å². The highest BCUT2D eigenvalue weighted by atomic mass is 19.1. The van der Waals surface area contributed by atoms with Crippen molar-refractivity contribution in [2.45, 2.75) is 18.3 Å². The zero-order valence-corrected chi connectivity index (χ0v) is 12.2. The zero-order chi connectivity index (χ0) is 14.7. The van der Waals surface area contributed by atoms with Crippen LogP contribution in [-0.4, -0.2) is 20.2 Å². The molecule has 0 saturated carbocycles. The molecule has 1 aliphatic heterocycles. The normalized spacial score (nSPS) is 22.0. The summed E-state index contributed by atoms with van der Waals surface area (Å²) in [7, 11) is 1.68. The lowest BCUT2D eigenvalue weighted by molar-refractivity contribution is 0.400. The largest absolute Gasteiger partial charge is 0.497 e. The van der Waals surface area contributed by atoms with Crippen LogP contribution in [-0.2, 0) is 0 Å². The molecule has 3 rings (SSSR count). The number of rotatable bonds is 3. The third-order valence-corrected chi connectivity index (χ3v) is 4.30. The smallest absolute Gasteiger partial charge is 0.123 e. The highest BCUT2D eigenvalue weighted by Gasteiger charge is 2.27. The van der Waals surface area contributed by atoms with Gasteiger partial charge in [0.15, 0.2) is 0 Å². The summed E-state index contributed by atoms with van der Waals surface area (Å²) in [5, 5.41) is 3.43. The van der Waals surface area contributed by atoms with Gasteiger partial charge in [-0.2, -0.15) is 0 Å². The quantitative estimate of drug-likeness (QED) is 0.928. The molecule has 2 aromatic carbocycles. The number of ether oxygens (including phenoxy) is 1. The van der Waals surface area contributed by atoms with Crippen LogP contribution in [0.2, 0.25) is 0 Å². The Morgan fingerprint density at radius 1 is 1.05 bits per heavy atom. The molecule has 2 aromatic rings. The number of benzene rings is 2. The molecule has 1 N–H and O–H groups in total. The molecule has 110 valence electrons. The Kier molecular flexibility index (Phi) is 4.20. The molecule has 0 spiro atoms. The average Bonchev–Trinajstić information content (AvgIpc) is 2.55. The molecule has 0 amide bonds. The Morgan fingerprint density at radius 3 is 2.57 bits per heavy atom. The maximum Gasteiger partial charge on any atom is 0.123 e. The highest BCUT2D eigenvalue weighted by molar-refractivity contribution is 5.34. The van der Waals surface area contributed by atoms with Gasteiger partial charge in [-0.15, -0.1) is 0 Å². The molecule has 21 heavy (non-hydrogen) atoms. The predicted molar refractivity (Wildman–Crippen MR) is 82.4 cm³/mol. The molecular formula is C18H20FNO. The maximum atomic E-state index is 13.5. The number of piperidine rings is 1. The summed E-state index contributed by atoms with van der Waals surface area (Å²) in [6.07, 6.45) is 1.06. The second kappa shape index (κ2) is 6.27. The molecule has 2 atom stereocenters. The molecule has 1 heterocycles. The molecule has 1 fully saturated rings. The first-order valence-electron chi connectivity index (χ1n) is 7.38. The second-order valence-corrected chi connectivity index (χ2v) is 5.53. The standard InChI is InChI=1S/C18H20FNO/c1-21-16-7-5-13(6-8-16)17-9-10-20-12-18(17)14-3-2-4-15(19)11-14/h2-8,11,17-18,20H,9-10,12H2,1H3. The minimum atomic E-state index is -0.161. The van der Waals surface area contributed by atoms with Gasteiger partial charge in [-0.3, -0.25) is 0 Å². The summed E-state index contributed by atoms with van der Waals surface area (Å²) in [4.78, 5) is 0. The Balaban J connectivity index is 1.90. The fourth-order valence-electron chi connectivity index (χ4n) is 3.20. The van der Waals surface area contributed by atoms with Gasteiger partial charge in [-0.1, -0.05) is 24.3 Å². The number of hydrogen-bond acceptors (Lipinski definition) is 2. The Hall–Kier alpha value is -1.87. The number of nitrogens with one attached hydrogen (secondary N) is 1. The molecule has 2 nitrogen and oxygen atoms in total. The van der Waals surface area contributed by atoms with Crippen molar-refractivity contribution in [3.63, 3.8) is 0 Å². The van der Waals surface area contributed by atoms with Crippen LogP contribution in [0.15, 0.2) is 48.5 Å². The minimum Gasteiger partial charge on any atom is -0.497 e. The lowest BCUT2D eigenvalue weighted by atomic mass is 9.77. The van der Waals surface area contributed by atoms with Crippen molar-refractivity contribution < 1.29 is 9.13 Å². The van der Waals surface area contributed by atoms with Gasteiger partial charge in [-0.25, -0.2) is 4.39 Å². The van der Waals surface area contributed by atoms with Gasteiger partial charge in [0.05, 0.1) is 7.11 Å². The summed E-state index contributed by atoms with van der Waals surface area (Å²) in [6.45, 7) is 1.89. The van der Waals surface area contributed by atoms with Gasteiger partial charge in [0.1, 0.15) is 11.6 Å². The average molecular weight is 285 g/mol. The van der Waals surface area contributed by atoms with Crippen LogP contribution in [0.3, 0.4) is 0 Å². The van der Waals surface area contributed by atoms with Crippen LogP contribution >= 0.6 is 0 Å². The fourth-order valence-corrected chi connectivity index (χ4v) is 3.20. The number of methoxy groups -OCH3 is 1. The minimum absolute atomic E-state index is 0.161. The van der Waals surface area contributed by atoms with Crippen molar-refractivity contribution >= 4 is 0 Å². The molecule has 0 aliphatic carbocycles. The van der Waals surface area contributed by atoms with Crippen molar-refractivity contribution in [2.75, 3.05) is 20.2 Å². The van der Waals surface area contributed by atoms with E-state index in [0.717, 1.165) is 30.8 Å². The van der Waals surface area contributed by atoms with E-state index in [1.807, 2.05) is 18.2 Å².